The van der Waals surface area contributed by atoms with Crippen LogP contribution in [0.5, 0.6) is 5.75 Å². The Morgan fingerprint density at radius 1 is 1.00 bits per heavy atom. The number of aromatic nitrogens is 2. The maximum Gasteiger partial charge on any atom is 0.279 e. The highest BCUT2D eigenvalue weighted by Crippen LogP contribution is 2.28. The number of aliphatic imine (C=N–C) groups is 1. The summed E-state index contributed by atoms with van der Waals surface area (Å²) in [5, 5.41) is 4.04. The minimum atomic E-state index is -0.332. The van der Waals surface area contributed by atoms with Gasteiger partial charge in [0.15, 0.2) is 0 Å². The molecule has 3 aromatic rings. The van der Waals surface area contributed by atoms with Gasteiger partial charge < -0.3 is 10.1 Å². The van der Waals surface area contributed by atoms with Crippen LogP contribution in [0.4, 0.5) is 11.5 Å². The summed E-state index contributed by atoms with van der Waals surface area (Å²) in [6.07, 6.45) is 10.2. The average Bonchev–Trinajstić information content (AvgIpc) is 2.70. The first-order valence-corrected chi connectivity index (χ1v) is 8.45. The topological polar surface area (TPSA) is 76.5 Å². The Bertz CT molecular complexity index is 1090. The second-order valence-corrected chi connectivity index (χ2v) is 5.78. The number of para-hydroxylation sites is 1. The number of anilines is 2. The van der Waals surface area contributed by atoms with Gasteiger partial charge in [0.1, 0.15) is 24.5 Å². The fourth-order valence-electron chi connectivity index (χ4n) is 2.70. The van der Waals surface area contributed by atoms with Crippen LogP contribution in [-0.4, -0.2) is 28.7 Å². The number of nitrogens with one attached hydrogen (secondary N) is 1. The molecule has 27 heavy (non-hydrogen) atoms. The van der Waals surface area contributed by atoms with Crippen molar-refractivity contribution in [1.82, 2.24) is 9.97 Å². The standard InChI is InChI=1S/C21H16N4O2/c26-21-16-7-3-4-8-19(16)25-20-17-13-15(9-10-18(17)23-14-24-20)27-12-6-2-1-5-11-22-21/h1-11,13-14H,12H2,(H,23,24,25)/b5-1+,6-2-,22-11?. The predicted octanol–water partition coefficient (Wildman–Crippen LogP) is 4.09. The molecule has 0 fully saturated rings. The van der Waals surface area contributed by atoms with E-state index in [9.17, 15) is 4.79 Å². The number of nitrogens with zero attached hydrogens (tertiary/aromatic N) is 3. The molecule has 2 aromatic carbocycles. The summed E-state index contributed by atoms with van der Waals surface area (Å²) in [5.74, 6) is 0.977. The van der Waals surface area contributed by atoms with Gasteiger partial charge in [0.25, 0.3) is 5.91 Å². The van der Waals surface area contributed by atoms with E-state index >= 15 is 0 Å². The third-order valence-corrected chi connectivity index (χ3v) is 4.00. The third-order valence-electron chi connectivity index (χ3n) is 4.00. The minimum absolute atomic E-state index is 0.332. The number of ether oxygens (including phenoxy) is 1. The normalized spacial score (nSPS) is 16.4. The molecule has 1 N–H and O–H groups in total. The molecule has 0 unspecified atom stereocenters. The highest BCUT2D eigenvalue weighted by atomic mass is 16.5. The summed E-state index contributed by atoms with van der Waals surface area (Å²) in [6, 6.07) is 12.8. The largest absolute Gasteiger partial charge is 0.490 e. The molecule has 2 heterocycles. The van der Waals surface area contributed by atoms with Gasteiger partial charge in [0.2, 0.25) is 0 Å². The molecule has 0 saturated heterocycles. The van der Waals surface area contributed by atoms with Crippen LogP contribution < -0.4 is 10.1 Å². The second kappa shape index (κ2) is 7.61. The number of fused-ring (bicyclic) bond motifs is 2. The van der Waals surface area contributed by atoms with Gasteiger partial charge in [-0.05, 0) is 42.5 Å². The molecule has 0 spiro atoms. The van der Waals surface area contributed by atoms with Crippen molar-refractivity contribution < 1.29 is 9.53 Å². The van der Waals surface area contributed by atoms with Gasteiger partial charge >= 0.3 is 0 Å². The Labute approximate surface area is 155 Å². The van der Waals surface area contributed by atoms with Crippen LogP contribution >= 0.6 is 0 Å². The van der Waals surface area contributed by atoms with E-state index in [1.165, 1.54) is 12.5 Å². The third kappa shape index (κ3) is 3.74. The number of hydrogen-bond acceptors (Lipinski definition) is 5. The van der Waals surface area contributed by atoms with Crippen molar-refractivity contribution in [2.24, 2.45) is 4.99 Å². The molecule has 1 amide bonds. The molecule has 1 aromatic heterocycles. The maximum atomic E-state index is 12.5. The van der Waals surface area contributed by atoms with Crippen LogP contribution in [0, 0.1) is 0 Å². The molecule has 4 rings (SSSR count). The van der Waals surface area contributed by atoms with Gasteiger partial charge in [-0.15, -0.1) is 0 Å². The first kappa shape index (κ1) is 16.7. The van der Waals surface area contributed by atoms with E-state index in [-0.39, 0.29) is 5.91 Å². The molecule has 1 aliphatic rings. The molecule has 0 radical (unpaired) electrons. The van der Waals surface area contributed by atoms with E-state index in [4.69, 9.17) is 4.74 Å². The molecule has 0 atom stereocenters. The monoisotopic (exact) mass is 356 g/mol. The van der Waals surface area contributed by atoms with E-state index in [0.717, 1.165) is 10.9 Å². The van der Waals surface area contributed by atoms with E-state index in [0.29, 0.717) is 29.4 Å². The van der Waals surface area contributed by atoms with Gasteiger partial charge in [-0.1, -0.05) is 24.3 Å². The van der Waals surface area contributed by atoms with Gasteiger partial charge in [-0.25, -0.2) is 15.0 Å². The summed E-state index contributed by atoms with van der Waals surface area (Å²) < 4.78 is 5.76. The summed E-state index contributed by atoms with van der Waals surface area (Å²) in [7, 11) is 0. The summed E-state index contributed by atoms with van der Waals surface area (Å²) in [5.41, 5.74) is 1.87. The number of rotatable bonds is 0. The number of benzene rings is 2. The fraction of sp³-hybridized carbons (Fsp3) is 0.0476. The lowest BCUT2D eigenvalue weighted by molar-refractivity contribution is 0.100. The van der Waals surface area contributed by atoms with Crippen molar-refractivity contribution in [3.05, 3.63) is 78.7 Å². The van der Waals surface area contributed by atoms with E-state index < -0.39 is 0 Å². The van der Waals surface area contributed by atoms with Crippen LogP contribution in [0.15, 0.2) is 78.1 Å². The minimum Gasteiger partial charge on any atom is -0.490 e. The number of amides is 1. The molecule has 0 saturated carbocycles. The zero-order valence-electron chi connectivity index (χ0n) is 14.4. The van der Waals surface area contributed by atoms with Crippen molar-refractivity contribution in [2.75, 3.05) is 11.9 Å². The lowest BCUT2D eigenvalue weighted by Gasteiger charge is -2.12. The number of hydrogen-bond donors (Lipinski definition) is 1. The lowest BCUT2D eigenvalue weighted by atomic mass is 10.1. The lowest BCUT2D eigenvalue weighted by Crippen LogP contribution is -2.03. The second-order valence-electron chi connectivity index (χ2n) is 5.78. The van der Waals surface area contributed by atoms with Gasteiger partial charge in [0.05, 0.1) is 16.8 Å². The average molecular weight is 356 g/mol. The number of carbonyl (C=O) groups is 1. The number of carbonyl (C=O) groups excluding carboxylic acids is 1. The van der Waals surface area contributed by atoms with Crippen LogP contribution in [0.25, 0.3) is 10.9 Å². The van der Waals surface area contributed by atoms with E-state index in [1.54, 1.807) is 24.3 Å². The Balaban J connectivity index is 1.85. The van der Waals surface area contributed by atoms with Crippen molar-refractivity contribution in [2.45, 2.75) is 0 Å². The molecule has 1 aliphatic heterocycles. The van der Waals surface area contributed by atoms with E-state index in [2.05, 4.69) is 20.3 Å². The Morgan fingerprint density at radius 3 is 2.89 bits per heavy atom. The van der Waals surface area contributed by atoms with Crippen LogP contribution in [0.3, 0.4) is 0 Å². The highest BCUT2D eigenvalue weighted by molar-refractivity contribution is 6.05. The zero-order valence-corrected chi connectivity index (χ0v) is 14.4. The van der Waals surface area contributed by atoms with Crippen molar-refractivity contribution in [3.63, 3.8) is 0 Å². The summed E-state index contributed by atoms with van der Waals surface area (Å²) in [6.45, 7) is 0.422. The molecule has 0 aliphatic carbocycles. The SMILES string of the molecule is O=C1N=C/C=C/C=C\COc2ccc3ncnc(c3c2)Nc2ccccc21. The molecular formula is C21H16N4O2. The molecular weight excluding hydrogens is 340 g/mol. The van der Waals surface area contributed by atoms with Gasteiger partial charge in [0, 0.05) is 11.6 Å². The quantitative estimate of drug-likeness (QED) is 0.656. The van der Waals surface area contributed by atoms with Crippen LogP contribution in [0.2, 0.25) is 0 Å². The van der Waals surface area contributed by atoms with Crippen molar-refractivity contribution in [3.8, 4) is 5.75 Å². The van der Waals surface area contributed by atoms with Crippen molar-refractivity contribution in [1.29, 1.82) is 0 Å². The fourth-order valence-corrected chi connectivity index (χ4v) is 2.70. The van der Waals surface area contributed by atoms with Gasteiger partial charge in [-0.2, -0.15) is 0 Å². The molecule has 6 nitrogen and oxygen atoms in total. The smallest absolute Gasteiger partial charge is 0.279 e. The molecule has 6 heteroatoms. The van der Waals surface area contributed by atoms with Crippen LogP contribution in [-0.2, 0) is 0 Å². The summed E-state index contributed by atoms with van der Waals surface area (Å²) >= 11 is 0. The Morgan fingerprint density at radius 2 is 1.93 bits per heavy atom. The predicted molar refractivity (Wildman–Crippen MR) is 106 cm³/mol. The summed E-state index contributed by atoms with van der Waals surface area (Å²) in [4.78, 5) is 25.1. The molecule has 132 valence electrons. The van der Waals surface area contributed by atoms with Crippen molar-refractivity contribution >= 4 is 34.5 Å². The molecule has 2 bridgehead atoms. The first-order chi connectivity index (χ1) is 13.3. The van der Waals surface area contributed by atoms with Gasteiger partial charge in [-0.3, -0.25) is 4.79 Å². The Kier molecular flexibility index (Phi) is 4.70. The Hall–Kier alpha value is -3.80. The van der Waals surface area contributed by atoms with Crippen LogP contribution in [0.1, 0.15) is 10.4 Å². The highest BCUT2D eigenvalue weighted by Gasteiger charge is 2.12. The maximum absolute atomic E-state index is 12.5. The van der Waals surface area contributed by atoms with E-state index in [1.807, 2.05) is 42.5 Å². The number of allylic oxidation sites excluding steroid dienone is 3. The first-order valence-electron chi connectivity index (χ1n) is 8.45. The zero-order chi connectivity index (χ0) is 18.5.